The van der Waals surface area contributed by atoms with Gasteiger partial charge < -0.3 is 23.7 Å². The van der Waals surface area contributed by atoms with Crippen molar-refractivity contribution in [1.29, 1.82) is 5.26 Å². The van der Waals surface area contributed by atoms with E-state index < -0.39 is 82.1 Å². The average molecular weight is 602 g/mol. The van der Waals surface area contributed by atoms with Gasteiger partial charge in [0.15, 0.2) is 0 Å². The summed E-state index contributed by atoms with van der Waals surface area (Å²) in [4.78, 5) is 63.9. The molecule has 3 unspecified atom stereocenters. The SMILES string of the molecule is CC(=O)OCC[C@]12COCC=C[C@H]1C1(C)CCC3C(=O)C(C)[C@H](C#N)[C@@H](OC(C)=O)[C@]3(C)[C@H]1[C@H](OC(C)=O)[C@@H]2OC(C)=O. The molecule has 236 valence electrons. The van der Waals surface area contributed by atoms with Gasteiger partial charge in [-0.15, -0.1) is 0 Å². The molecule has 0 spiro atoms. The number of nitriles is 1. The van der Waals surface area contributed by atoms with Gasteiger partial charge in [-0.1, -0.05) is 32.9 Å². The number of ketones is 1. The third-order valence-electron chi connectivity index (χ3n) is 10.7. The van der Waals surface area contributed by atoms with Crippen molar-refractivity contribution in [2.75, 3.05) is 19.8 Å². The predicted octanol–water partition coefficient (Wildman–Crippen LogP) is 3.33. The lowest BCUT2D eigenvalue weighted by molar-refractivity contribution is -0.288. The number of carbonyl (C=O) groups is 5. The van der Waals surface area contributed by atoms with E-state index in [4.69, 9.17) is 23.7 Å². The fraction of sp³-hybridized carbons (Fsp3) is 0.750. The Morgan fingerprint density at radius 2 is 1.63 bits per heavy atom. The van der Waals surface area contributed by atoms with Crippen LogP contribution in [0.25, 0.3) is 0 Å². The van der Waals surface area contributed by atoms with Crippen molar-refractivity contribution in [2.24, 2.45) is 45.8 Å². The Morgan fingerprint density at radius 3 is 2.21 bits per heavy atom. The molecule has 1 heterocycles. The monoisotopic (exact) mass is 601 g/mol. The Hall–Kier alpha value is -3.26. The first-order chi connectivity index (χ1) is 20.1. The highest BCUT2D eigenvalue weighted by Gasteiger charge is 2.75. The van der Waals surface area contributed by atoms with Gasteiger partial charge in [0, 0.05) is 56.3 Å². The van der Waals surface area contributed by atoms with Gasteiger partial charge >= 0.3 is 23.9 Å². The Kier molecular flexibility index (Phi) is 9.13. The number of hydrogen-bond acceptors (Lipinski definition) is 11. The molecule has 3 aliphatic carbocycles. The van der Waals surface area contributed by atoms with Crippen LogP contribution < -0.4 is 0 Å². The topological polar surface area (TPSA) is 155 Å². The largest absolute Gasteiger partial charge is 0.466 e. The summed E-state index contributed by atoms with van der Waals surface area (Å²) in [5.74, 6) is -5.64. The van der Waals surface area contributed by atoms with Crippen LogP contribution in [0.1, 0.15) is 67.7 Å². The summed E-state index contributed by atoms with van der Waals surface area (Å²) in [6, 6.07) is 2.24. The van der Waals surface area contributed by atoms with Crippen molar-refractivity contribution < 1.29 is 47.7 Å². The molecule has 4 aliphatic rings. The van der Waals surface area contributed by atoms with Gasteiger partial charge in [-0.25, -0.2) is 0 Å². The number of esters is 4. The van der Waals surface area contributed by atoms with Gasteiger partial charge in [0.05, 0.1) is 31.8 Å². The molecule has 0 bridgehead atoms. The number of nitrogens with zero attached hydrogens (tertiary/aromatic N) is 1. The smallest absolute Gasteiger partial charge is 0.303 e. The highest BCUT2D eigenvalue weighted by Crippen LogP contribution is 2.71. The standard InChI is InChI=1S/C32H43NO10/c1-17-22(15-33)28(42-20(4)36)31(7)23(25(17)38)10-11-30(6)24-9-8-13-39-16-32(24,12-14-40-18(2)34)29(43-21(5)37)26(27(30)31)41-19(3)35/h8-9,17,22-24,26-29H,10-14,16H2,1-7H3/t17?,22-,23?,24-,26-,27-,28+,29-,30?,31-,32-/m0/s1. The normalized spacial score (nSPS) is 41.7. The molecule has 4 rings (SSSR count). The van der Waals surface area contributed by atoms with E-state index in [0.29, 0.717) is 19.4 Å². The molecular formula is C32H43NO10. The van der Waals surface area contributed by atoms with Crippen LogP contribution in [0.3, 0.4) is 0 Å². The van der Waals surface area contributed by atoms with E-state index in [1.54, 1.807) is 6.92 Å². The Morgan fingerprint density at radius 1 is 1.00 bits per heavy atom. The zero-order chi connectivity index (χ0) is 31.9. The van der Waals surface area contributed by atoms with Gasteiger partial charge in [-0.2, -0.15) is 5.26 Å². The molecule has 0 amide bonds. The lowest BCUT2D eigenvalue weighted by Gasteiger charge is -2.69. The number of ether oxygens (including phenoxy) is 5. The second kappa shape index (κ2) is 12.0. The second-order valence-electron chi connectivity index (χ2n) is 13.2. The molecule has 0 N–H and O–H groups in total. The fourth-order valence-corrected chi connectivity index (χ4v) is 9.32. The summed E-state index contributed by atoms with van der Waals surface area (Å²) < 4.78 is 29.6. The van der Waals surface area contributed by atoms with Gasteiger partial charge in [-0.3, -0.25) is 24.0 Å². The highest BCUT2D eigenvalue weighted by molar-refractivity contribution is 5.86. The minimum Gasteiger partial charge on any atom is -0.466 e. The number of rotatable bonds is 6. The van der Waals surface area contributed by atoms with Crippen molar-refractivity contribution in [3.05, 3.63) is 12.2 Å². The first-order valence-corrected chi connectivity index (χ1v) is 15.0. The van der Waals surface area contributed by atoms with Gasteiger partial charge in [-0.05, 0) is 30.6 Å². The molecular weight excluding hydrogens is 558 g/mol. The third kappa shape index (κ3) is 5.36. The molecule has 1 aliphatic heterocycles. The number of fused-ring (bicyclic) bond motifs is 5. The summed E-state index contributed by atoms with van der Waals surface area (Å²) in [6.45, 7) is 11.1. The number of hydrogen-bond donors (Lipinski definition) is 0. The molecule has 11 atom stereocenters. The van der Waals surface area contributed by atoms with Gasteiger partial charge in [0.2, 0.25) is 0 Å². The van der Waals surface area contributed by atoms with Crippen LogP contribution in [0.2, 0.25) is 0 Å². The first kappa shape index (κ1) is 32.6. The van der Waals surface area contributed by atoms with E-state index in [-0.39, 0.29) is 31.3 Å². The summed E-state index contributed by atoms with van der Waals surface area (Å²) in [5.41, 5.74) is -2.87. The summed E-state index contributed by atoms with van der Waals surface area (Å²) >= 11 is 0. The van der Waals surface area contributed by atoms with E-state index in [1.165, 1.54) is 27.7 Å². The number of allylic oxidation sites excluding steroid dienone is 1. The minimum atomic E-state index is -1.16. The van der Waals surface area contributed by atoms with Crippen LogP contribution in [-0.4, -0.2) is 67.8 Å². The lowest BCUT2D eigenvalue weighted by atomic mass is 9.36. The van der Waals surface area contributed by atoms with Crippen LogP contribution in [0.5, 0.6) is 0 Å². The maximum Gasteiger partial charge on any atom is 0.303 e. The number of Topliss-reactive ketones (excluding diaryl/α,β-unsaturated/α-hetero) is 1. The van der Waals surface area contributed by atoms with Crippen LogP contribution in [-0.2, 0) is 47.7 Å². The van der Waals surface area contributed by atoms with E-state index >= 15 is 0 Å². The predicted molar refractivity (Wildman–Crippen MR) is 149 cm³/mol. The zero-order valence-electron chi connectivity index (χ0n) is 26.0. The molecule has 3 fully saturated rings. The second-order valence-corrected chi connectivity index (χ2v) is 13.2. The van der Waals surface area contributed by atoms with Crippen molar-refractivity contribution in [2.45, 2.75) is 86.0 Å². The average Bonchev–Trinajstić information content (AvgIpc) is 3.13. The molecule has 0 aromatic carbocycles. The van der Waals surface area contributed by atoms with E-state index in [1.807, 2.05) is 19.1 Å². The molecule has 11 nitrogen and oxygen atoms in total. The molecule has 0 aromatic heterocycles. The number of carbonyl (C=O) groups excluding carboxylic acids is 5. The third-order valence-corrected chi connectivity index (χ3v) is 10.7. The molecule has 43 heavy (non-hydrogen) atoms. The van der Waals surface area contributed by atoms with Gasteiger partial charge in [0.1, 0.15) is 24.1 Å². The maximum atomic E-state index is 14.0. The molecule has 11 heteroatoms. The Labute approximate surface area is 252 Å². The minimum absolute atomic E-state index is 0.0107. The van der Waals surface area contributed by atoms with Crippen molar-refractivity contribution in [3.8, 4) is 6.07 Å². The van der Waals surface area contributed by atoms with E-state index in [2.05, 4.69) is 13.0 Å². The molecule has 3 saturated carbocycles. The highest BCUT2D eigenvalue weighted by atomic mass is 16.6. The quantitative estimate of drug-likeness (QED) is 0.250. The van der Waals surface area contributed by atoms with Gasteiger partial charge in [0.25, 0.3) is 0 Å². The lowest BCUT2D eigenvalue weighted by Crippen LogP contribution is -2.75. The van der Waals surface area contributed by atoms with Crippen molar-refractivity contribution >= 4 is 29.7 Å². The Balaban J connectivity index is 2.03. The zero-order valence-corrected chi connectivity index (χ0v) is 26.0. The first-order valence-electron chi connectivity index (χ1n) is 15.0. The van der Waals surface area contributed by atoms with Crippen molar-refractivity contribution in [3.63, 3.8) is 0 Å². The van der Waals surface area contributed by atoms with Crippen LogP contribution in [0.15, 0.2) is 12.2 Å². The van der Waals surface area contributed by atoms with Crippen LogP contribution in [0.4, 0.5) is 0 Å². The van der Waals surface area contributed by atoms with Crippen LogP contribution in [0, 0.1) is 57.2 Å². The molecule has 0 radical (unpaired) electrons. The Bertz CT molecular complexity index is 1240. The summed E-state index contributed by atoms with van der Waals surface area (Å²) in [6.07, 6.45) is 2.02. The fourth-order valence-electron chi connectivity index (χ4n) is 9.32. The maximum absolute atomic E-state index is 14.0. The van der Waals surface area contributed by atoms with E-state index in [0.717, 1.165) is 0 Å². The van der Waals surface area contributed by atoms with Crippen LogP contribution >= 0.6 is 0 Å². The van der Waals surface area contributed by atoms with E-state index in [9.17, 15) is 29.2 Å². The molecule has 0 aromatic rings. The summed E-state index contributed by atoms with van der Waals surface area (Å²) in [5, 5.41) is 10.3. The molecule has 0 saturated heterocycles. The summed E-state index contributed by atoms with van der Waals surface area (Å²) in [7, 11) is 0. The van der Waals surface area contributed by atoms with Crippen molar-refractivity contribution in [1.82, 2.24) is 0 Å².